The van der Waals surface area contributed by atoms with Crippen molar-refractivity contribution in [3.8, 4) is 0 Å². The van der Waals surface area contributed by atoms with Crippen LogP contribution in [0.5, 0.6) is 0 Å². The highest BCUT2D eigenvalue weighted by atomic mass is 16.3. The van der Waals surface area contributed by atoms with Crippen molar-refractivity contribution in [1.82, 2.24) is 0 Å². The van der Waals surface area contributed by atoms with Gasteiger partial charge in [-0.1, -0.05) is 6.07 Å². The van der Waals surface area contributed by atoms with Crippen LogP contribution in [0.15, 0.2) is 48.6 Å². The molecule has 0 radical (unpaired) electrons. The number of carbonyl (C=O) groups excluding carboxylic acids is 3. The van der Waals surface area contributed by atoms with E-state index < -0.39 is 18.0 Å². The van der Waals surface area contributed by atoms with Crippen molar-refractivity contribution in [3.05, 3.63) is 48.6 Å². The van der Waals surface area contributed by atoms with Crippen molar-refractivity contribution in [2.75, 3.05) is 9.80 Å². The molecular weight excluding hydrogens is 260 g/mol. The van der Waals surface area contributed by atoms with Crippen LogP contribution >= 0.6 is 0 Å². The number of benzene rings is 1. The molecule has 0 fully saturated rings. The van der Waals surface area contributed by atoms with Crippen molar-refractivity contribution < 1.29 is 19.5 Å². The van der Waals surface area contributed by atoms with Gasteiger partial charge in [-0.2, -0.15) is 0 Å². The molecule has 2 aliphatic heterocycles. The lowest BCUT2D eigenvalue weighted by Crippen LogP contribution is -2.34. The van der Waals surface area contributed by atoms with Gasteiger partial charge < -0.3 is 5.11 Å². The molecule has 0 spiro atoms. The molecule has 100 valence electrons. The molecule has 20 heavy (non-hydrogen) atoms. The Bertz CT molecular complexity index is 660. The van der Waals surface area contributed by atoms with Crippen LogP contribution in [-0.2, 0) is 14.4 Å². The fourth-order valence-electron chi connectivity index (χ4n) is 2.18. The number of rotatable bonds is 2. The molecule has 0 saturated heterocycles. The summed E-state index contributed by atoms with van der Waals surface area (Å²) in [7, 11) is 0. The molecule has 2 heterocycles. The molecule has 0 bridgehead atoms. The maximum Gasteiger partial charge on any atom is 0.258 e. The van der Waals surface area contributed by atoms with Gasteiger partial charge in [0.05, 0.1) is 5.69 Å². The average molecular weight is 270 g/mol. The standard InChI is InChI=1S/C14H10N2O4/c17-11-4-5-12(18)15(11)9-2-1-3-10(8-9)16-13(19)6-7-14(16)20/h1-8,11,17H. The van der Waals surface area contributed by atoms with E-state index in [0.717, 1.165) is 4.90 Å². The Balaban J connectivity index is 1.97. The summed E-state index contributed by atoms with van der Waals surface area (Å²) >= 11 is 0. The third-order valence-electron chi connectivity index (χ3n) is 3.09. The lowest BCUT2D eigenvalue weighted by atomic mass is 10.2. The second kappa shape index (κ2) is 4.43. The van der Waals surface area contributed by atoms with Crippen LogP contribution in [-0.4, -0.2) is 29.1 Å². The molecule has 1 aromatic rings. The van der Waals surface area contributed by atoms with Gasteiger partial charge >= 0.3 is 0 Å². The Morgan fingerprint density at radius 2 is 1.55 bits per heavy atom. The zero-order valence-corrected chi connectivity index (χ0v) is 10.3. The third kappa shape index (κ3) is 1.83. The predicted octanol–water partition coefficient (Wildman–Crippen LogP) is 0.337. The summed E-state index contributed by atoms with van der Waals surface area (Å²) in [5.74, 6) is -1.22. The van der Waals surface area contributed by atoms with Crippen molar-refractivity contribution in [2.45, 2.75) is 6.23 Å². The smallest absolute Gasteiger partial charge is 0.258 e. The fourth-order valence-corrected chi connectivity index (χ4v) is 2.18. The minimum Gasteiger partial charge on any atom is -0.369 e. The number of aliphatic hydroxyl groups is 1. The highest BCUT2D eigenvalue weighted by Gasteiger charge is 2.28. The van der Waals surface area contributed by atoms with Crippen molar-refractivity contribution in [2.24, 2.45) is 0 Å². The zero-order valence-electron chi connectivity index (χ0n) is 10.3. The summed E-state index contributed by atoms with van der Waals surface area (Å²) in [5, 5.41) is 9.73. The SMILES string of the molecule is O=C1C=CC(=O)N1c1cccc(N2C(=O)C=CC2O)c1. The van der Waals surface area contributed by atoms with E-state index in [1.165, 1.54) is 35.3 Å². The van der Waals surface area contributed by atoms with Crippen LogP contribution in [0.25, 0.3) is 0 Å². The molecule has 6 heteroatoms. The largest absolute Gasteiger partial charge is 0.369 e. The highest BCUT2D eigenvalue weighted by Crippen LogP contribution is 2.27. The summed E-state index contributed by atoms with van der Waals surface area (Å²) < 4.78 is 0. The van der Waals surface area contributed by atoms with Gasteiger partial charge in [0.25, 0.3) is 17.7 Å². The maximum absolute atomic E-state index is 11.7. The molecule has 2 aliphatic rings. The lowest BCUT2D eigenvalue weighted by molar-refractivity contribution is -0.120. The highest BCUT2D eigenvalue weighted by molar-refractivity contribution is 6.28. The number of hydrogen-bond donors (Lipinski definition) is 1. The van der Waals surface area contributed by atoms with Crippen molar-refractivity contribution in [3.63, 3.8) is 0 Å². The minimum atomic E-state index is -1.04. The first-order valence-electron chi connectivity index (χ1n) is 5.93. The van der Waals surface area contributed by atoms with Gasteiger partial charge in [-0.15, -0.1) is 0 Å². The minimum absolute atomic E-state index is 0.355. The Kier molecular flexibility index (Phi) is 2.73. The first-order valence-corrected chi connectivity index (χ1v) is 5.93. The number of imide groups is 1. The third-order valence-corrected chi connectivity index (χ3v) is 3.09. The molecule has 1 N–H and O–H groups in total. The van der Waals surface area contributed by atoms with Gasteiger partial charge in [-0.25, -0.2) is 4.90 Å². The molecule has 6 nitrogen and oxygen atoms in total. The summed E-state index contributed by atoms with van der Waals surface area (Å²) in [4.78, 5) is 37.1. The van der Waals surface area contributed by atoms with Gasteiger partial charge in [0, 0.05) is 23.9 Å². The molecule has 1 atom stereocenters. The number of carbonyl (C=O) groups is 3. The van der Waals surface area contributed by atoms with Crippen LogP contribution in [0.2, 0.25) is 0 Å². The van der Waals surface area contributed by atoms with E-state index in [-0.39, 0.29) is 5.91 Å². The van der Waals surface area contributed by atoms with E-state index >= 15 is 0 Å². The quantitative estimate of drug-likeness (QED) is 0.786. The van der Waals surface area contributed by atoms with E-state index in [9.17, 15) is 19.5 Å². The Hall–Kier alpha value is -2.73. The number of aliphatic hydroxyl groups excluding tert-OH is 1. The Labute approximate surface area is 114 Å². The monoisotopic (exact) mass is 270 g/mol. The van der Waals surface area contributed by atoms with Gasteiger partial charge in [0.15, 0.2) is 6.23 Å². The van der Waals surface area contributed by atoms with E-state index in [0.29, 0.717) is 11.4 Å². The van der Waals surface area contributed by atoms with Gasteiger partial charge in [-0.3, -0.25) is 19.3 Å². The lowest BCUT2D eigenvalue weighted by Gasteiger charge is -2.22. The number of nitrogens with zero attached hydrogens (tertiary/aromatic N) is 2. The molecular formula is C14H10N2O4. The topological polar surface area (TPSA) is 77.9 Å². The molecule has 0 saturated carbocycles. The molecule has 3 amide bonds. The number of hydrogen-bond acceptors (Lipinski definition) is 4. The van der Waals surface area contributed by atoms with E-state index in [2.05, 4.69) is 0 Å². The fraction of sp³-hybridized carbons (Fsp3) is 0.0714. The zero-order chi connectivity index (χ0) is 14.3. The first kappa shape index (κ1) is 12.3. The summed E-state index contributed by atoms with van der Waals surface area (Å²) in [6, 6.07) is 6.33. The average Bonchev–Trinajstić information content (AvgIpc) is 2.93. The summed E-state index contributed by atoms with van der Waals surface area (Å²) in [6.45, 7) is 0. The van der Waals surface area contributed by atoms with Crippen molar-refractivity contribution in [1.29, 1.82) is 0 Å². The second-order valence-corrected chi connectivity index (χ2v) is 4.35. The van der Waals surface area contributed by atoms with E-state index in [1.54, 1.807) is 18.2 Å². The van der Waals surface area contributed by atoms with Crippen LogP contribution in [0.3, 0.4) is 0 Å². The van der Waals surface area contributed by atoms with E-state index in [4.69, 9.17) is 0 Å². The van der Waals surface area contributed by atoms with E-state index in [1.807, 2.05) is 0 Å². The van der Waals surface area contributed by atoms with Crippen LogP contribution < -0.4 is 9.80 Å². The van der Waals surface area contributed by atoms with Crippen LogP contribution in [0, 0.1) is 0 Å². The van der Waals surface area contributed by atoms with Gasteiger partial charge in [-0.05, 0) is 24.3 Å². The summed E-state index contributed by atoms with van der Waals surface area (Å²) in [5.41, 5.74) is 0.770. The molecule has 1 aromatic carbocycles. The van der Waals surface area contributed by atoms with Gasteiger partial charge in [0.1, 0.15) is 0 Å². The first-order chi connectivity index (χ1) is 9.58. The Morgan fingerprint density at radius 3 is 2.15 bits per heavy atom. The Morgan fingerprint density at radius 1 is 0.900 bits per heavy atom. The predicted molar refractivity (Wildman–Crippen MR) is 70.7 cm³/mol. The normalized spacial score (nSPS) is 21.4. The second-order valence-electron chi connectivity index (χ2n) is 4.35. The number of anilines is 2. The molecule has 0 aliphatic carbocycles. The number of amides is 3. The molecule has 1 unspecified atom stereocenters. The van der Waals surface area contributed by atoms with Crippen LogP contribution in [0.4, 0.5) is 11.4 Å². The molecule has 3 rings (SSSR count). The maximum atomic E-state index is 11.7. The van der Waals surface area contributed by atoms with Crippen LogP contribution in [0.1, 0.15) is 0 Å². The van der Waals surface area contributed by atoms with Crippen molar-refractivity contribution >= 4 is 29.1 Å². The molecule has 0 aromatic heterocycles. The summed E-state index contributed by atoms with van der Waals surface area (Å²) in [6.07, 6.45) is 3.97. The van der Waals surface area contributed by atoms with Gasteiger partial charge in [0.2, 0.25) is 0 Å².